The molecule has 0 saturated heterocycles. The molecule has 222 valence electrons. The smallest absolute Gasteiger partial charge is 0.322 e. The predicted octanol–water partition coefficient (Wildman–Crippen LogP) is 4.59. The summed E-state index contributed by atoms with van der Waals surface area (Å²) in [5.74, 6) is 0.0772. The highest BCUT2D eigenvalue weighted by Gasteiger charge is 2.22. The van der Waals surface area contributed by atoms with Crippen molar-refractivity contribution < 1.29 is 32.5 Å². The van der Waals surface area contributed by atoms with Crippen LogP contribution in [0, 0.1) is 5.82 Å². The number of hydrogen-bond donors (Lipinski definition) is 2. The number of carbonyl (C=O) groups excluding carboxylic acids is 2. The first-order chi connectivity index (χ1) is 20.0. The Labute approximate surface area is 241 Å². The van der Waals surface area contributed by atoms with Crippen LogP contribution >= 0.6 is 0 Å². The molecule has 0 aliphatic carbocycles. The van der Waals surface area contributed by atoms with Gasteiger partial charge in [0.2, 0.25) is 17.5 Å². The largest absolute Gasteiger partial charge is 0.481 e. The van der Waals surface area contributed by atoms with Crippen molar-refractivity contribution in [3.8, 4) is 28.5 Å². The third kappa shape index (κ3) is 7.35. The lowest BCUT2D eigenvalue weighted by Crippen LogP contribution is -2.39. The van der Waals surface area contributed by atoms with E-state index < -0.39 is 35.9 Å². The average Bonchev–Trinajstić information content (AvgIpc) is 3.66. The number of rotatable bonds is 12. The average molecular weight is 581 g/mol. The number of nitrogens with two attached hydrogens (primary N) is 1. The van der Waals surface area contributed by atoms with Crippen molar-refractivity contribution >= 4 is 11.9 Å². The van der Waals surface area contributed by atoms with Gasteiger partial charge in [-0.2, -0.15) is 9.97 Å². The lowest BCUT2D eigenvalue weighted by Gasteiger charge is -2.15. The fraction of sp³-hybridized carbons (Fsp3) is 0.379. The van der Waals surface area contributed by atoms with Crippen LogP contribution in [0.15, 0.2) is 51.5 Å². The van der Waals surface area contributed by atoms with Gasteiger partial charge >= 0.3 is 5.97 Å². The molecule has 0 radical (unpaired) electrons. The number of ether oxygens (including phenoxy) is 2. The van der Waals surface area contributed by atoms with E-state index in [0.717, 1.165) is 11.6 Å². The number of aromatic nitrogens is 4. The van der Waals surface area contributed by atoms with Crippen molar-refractivity contribution in [3.05, 3.63) is 65.6 Å². The molecule has 3 atom stereocenters. The molecule has 0 bridgehead atoms. The first-order valence-corrected chi connectivity index (χ1v) is 13.5. The van der Waals surface area contributed by atoms with Gasteiger partial charge in [-0.05, 0) is 56.7 Å². The van der Waals surface area contributed by atoms with Gasteiger partial charge in [-0.3, -0.25) is 9.59 Å². The lowest BCUT2D eigenvalue weighted by atomic mass is 10.1. The molecule has 0 aliphatic rings. The first kappa shape index (κ1) is 30.3. The van der Waals surface area contributed by atoms with Gasteiger partial charge < -0.3 is 29.6 Å². The summed E-state index contributed by atoms with van der Waals surface area (Å²) < 4.78 is 36.6. The molecule has 0 saturated carbocycles. The Morgan fingerprint density at radius 2 is 1.57 bits per heavy atom. The van der Waals surface area contributed by atoms with Crippen LogP contribution in [0.25, 0.3) is 22.8 Å². The highest BCUT2D eigenvalue weighted by Crippen LogP contribution is 2.28. The van der Waals surface area contributed by atoms with E-state index in [1.807, 2.05) is 32.9 Å². The van der Waals surface area contributed by atoms with E-state index in [9.17, 15) is 14.0 Å². The SMILES string of the molecule is CCC(Oc1ccc(-c2noc(C(C)C)n2)cc1)c1nc(-c2ccc(C(=O)N[C@H](C)COC(=O)[C@H](C)N)c(F)c2)no1. The van der Waals surface area contributed by atoms with E-state index in [2.05, 4.69) is 25.6 Å². The Balaban J connectivity index is 1.39. The third-order valence-corrected chi connectivity index (χ3v) is 6.11. The highest BCUT2D eigenvalue weighted by molar-refractivity contribution is 5.95. The summed E-state index contributed by atoms with van der Waals surface area (Å²) >= 11 is 0. The zero-order valence-corrected chi connectivity index (χ0v) is 24.0. The quantitative estimate of drug-likeness (QED) is 0.225. The first-order valence-electron chi connectivity index (χ1n) is 13.5. The highest BCUT2D eigenvalue weighted by atomic mass is 19.1. The van der Waals surface area contributed by atoms with E-state index in [0.29, 0.717) is 29.4 Å². The molecular formula is C29H33FN6O6. The van der Waals surface area contributed by atoms with Crippen molar-refractivity contribution in [2.75, 3.05) is 6.61 Å². The second-order valence-electron chi connectivity index (χ2n) is 10.1. The van der Waals surface area contributed by atoms with E-state index in [-0.39, 0.29) is 29.8 Å². The molecule has 0 aliphatic heterocycles. The molecule has 4 aromatic rings. The molecule has 4 rings (SSSR count). The zero-order chi connectivity index (χ0) is 30.4. The van der Waals surface area contributed by atoms with Crippen LogP contribution in [-0.2, 0) is 9.53 Å². The van der Waals surface area contributed by atoms with E-state index in [4.69, 9.17) is 24.3 Å². The Morgan fingerprint density at radius 3 is 2.17 bits per heavy atom. The molecular weight excluding hydrogens is 547 g/mol. The summed E-state index contributed by atoms with van der Waals surface area (Å²) in [6.45, 7) is 8.87. The number of benzene rings is 2. The van der Waals surface area contributed by atoms with Crippen LogP contribution in [0.5, 0.6) is 5.75 Å². The fourth-order valence-corrected chi connectivity index (χ4v) is 3.75. The Hall–Kier alpha value is -4.65. The molecule has 1 unspecified atom stereocenters. The summed E-state index contributed by atoms with van der Waals surface area (Å²) in [4.78, 5) is 32.8. The van der Waals surface area contributed by atoms with Gasteiger partial charge in [0.05, 0.1) is 11.6 Å². The summed E-state index contributed by atoms with van der Waals surface area (Å²) in [7, 11) is 0. The third-order valence-electron chi connectivity index (χ3n) is 6.11. The molecule has 42 heavy (non-hydrogen) atoms. The van der Waals surface area contributed by atoms with Gasteiger partial charge in [0.1, 0.15) is 24.2 Å². The molecule has 1 amide bonds. The van der Waals surface area contributed by atoms with Gasteiger partial charge in [-0.25, -0.2) is 4.39 Å². The number of esters is 1. The van der Waals surface area contributed by atoms with Gasteiger partial charge in [-0.1, -0.05) is 37.2 Å². The zero-order valence-electron chi connectivity index (χ0n) is 24.0. The number of nitrogens with one attached hydrogen (secondary N) is 1. The summed E-state index contributed by atoms with van der Waals surface area (Å²) in [5, 5.41) is 10.6. The number of halogens is 1. The standard InChI is InChI=1S/C29H33FN6O6/c1-6-23(40-20-10-7-18(8-11-20)24-33-27(15(2)3)41-35-24)28-34-25(36-42-28)19-9-12-21(22(30)13-19)26(37)32-16(4)14-39-29(38)17(5)31/h7-13,15-17,23H,6,14,31H2,1-5H3,(H,32,37)/t16-,17+,23?/m1/s1. The van der Waals surface area contributed by atoms with Crippen LogP contribution < -0.4 is 15.8 Å². The lowest BCUT2D eigenvalue weighted by molar-refractivity contribution is -0.145. The Kier molecular flexibility index (Phi) is 9.63. The van der Waals surface area contributed by atoms with Crippen LogP contribution in [0.1, 0.15) is 75.2 Å². The molecule has 0 fully saturated rings. The predicted molar refractivity (Wildman–Crippen MR) is 149 cm³/mol. The van der Waals surface area contributed by atoms with Crippen molar-refractivity contribution in [1.82, 2.24) is 25.6 Å². The Morgan fingerprint density at radius 1 is 0.952 bits per heavy atom. The molecule has 0 spiro atoms. The topological polar surface area (TPSA) is 168 Å². The molecule has 2 aromatic carbocycles. The van der Waals surface area contributed by atoms with Gasteiger partial charge in [0, 0.05) is 17.0 Å². The molecule has 3 N–H and O–H groups in total. The van der Waals surface area contributed by atoms with Crippen LogP contribution in [0.3, 0.4) is 0 Å². The maximum atomic E-state index is 14.9. The monoisotopic (exact) mass is 580 g/mol. The van der Waals surface area contributed by atoms with Crippen LogP contribution in [0.4, 0.5) is 4.39 Å². The maximum absolute atomic E-state index is 14.9. The minimum atomic E-state index is -0.781. The van der Waals surface area contributed by atoms with Crippen molar-refractivity contribution in [2.24, 2.45) is 5.73 Å². The molecule has 2 heterocycles. The van der Waals surface area contributed by atoms with Crippen molar-refractivity contribution in [3.63, 3.8) is 0 Å². The second kappa shape index (κ2) is 13.3. The number of nitrogens with zero attached hydrogens (tertiary/aromatic N) is 4. The summed E-state index contributed by atoms with van der Waals surface area (Å²) in [6.07, 6.45) is -0.0282. The van der Waals surface area contributed by atoms with Crippen LogP contribution in [-0.4, -0.2) is 50.8 Å². The van der Waals surface area contributed by atoms with Crippen molar-refractivity contribution in [2.45, 2.75) is 65.1 Å². The van der Waals surface area contributed by atoms with Crippen molar-refractivity contribution in [1.29, 1.82) is 0 Å². The Bertz CT molecular complexity index is 1520. The maximum Gasteiger partial charge on any atom is 0.322 e. The number of hydrogen-bond acceptors (Lipinski definition) is 11. The molecule has 12 nitrogen and oxygen atoms in total. The number of carbonyl (C=O) groups is 2. The van der Waals surface area contributed by atoms with Gasteiger partial charge in [0.25, 0.3) is 11.8 Å². The summed E-state index contributed by atoms with van der Waals surface area (Å²) in [6, 6.07) is 9.85. The van der Waals surface area contributed by atoms with E-state index in [1.54, 1.807) is 19.1 Å². The van der Waals surface area contributed by atoms with Gasteiger partial charge in [-0.15, -0.1) is 0 Å². The minimum absolute atomic E-state index is 0.0970. The second-order valence-corrected chi connectivity index (χ2v) is 10.1. The number of amides is 1. The van der Waals surface area contributed by atoms with E-state index >= 15 is 0 Å². The molecule has 2 aromatic heterocycles. The molecule has 13 heteroatoms. The summed E-state index contributed by atoms with van der Waals surface area (Å²) in [5.41, 5.74) is 6.36. The van der Waals surface area contributed by atoms with Gasteiger partial charge in [0.15, 0.2) is 6.10 Å². The van der Waals surface area contributed by atoms with E-state index in [1.165, 1.54) is 19.1 Å². The fourth-order valence-electron chi connectivity index (χ4n) is 3.75. The minimum Gasteiger partial charge on any atom is -0.481 e. The van der Waals surface area contributed by atoms with Crippen LogP contribution in [0.2, 0.25) is 0 Å². The normalized spacial score (nSPS) is 13.4.